The van der Waals surface area contributed by atoms with Gasteiger partial charge in [-0.1, -0.05) is 52.8 Å². The van der Waals surface area contributed by atoms with Crippen molar-refractivity contribution in [2.24, 2.45) is 0 Å². The summed E-state index contributed by atoms with van der Waals surface area (Å²) in [6.45, 7) is 0.205. The maximum atomic E-state index is 13.7. The number of hydrogen-bond acceptors (Lipinski definition) is 6. The Kier molecular flexibility index (Phi) is 5.72. The molecule has 1 aromatic heterocycles. The third kappa shape index (κ3) is 4.11. The second-order valence-corrected chi connectivity index (χ2v) is 10.3. The van der Waals surface area contributed by atoms with Crippen molar-refractivity contribution in [3.63, 3.8) is 0 Å². The molecule has 11 heteroatoms. The van der Waals surface area contributed by atoms with Crippen LogP contribution >= 0.6 is 11.6 Å². The third-order valence-corrected chi connectivity index (χ3v) is 7.95. The quantitative estimate of drug-likeness (QED) is 0.332. The largest absolute Gasteiger partial charge is 0.380 e. The molecule has 174 valence electrons. The van der Waals surface area contributed by atoms with Crippen molar-refractivity contribution in [2.45, 2.75) is 10.9 Å². The number of ketones is 1. The summed E-state index contributed by atoms with van der Waals surface area (Å²) in [6, 6.07) is 18.1. The first kappa shape index (κ1) is 22.3. The molecule has 3 aromatic carbocycles. The summed E-state index contributed by atoms with van der Waals surface area (Å²) in [6.07, 6.45) is 1.34. The molecular formula is C23H20ClN5O4S. The van der Waals surface area contributed by atoms with Crippen molar-refractivity contribution >= 4 is 38.2 Å². The average Bonchev–Trinajstić information content (AvgIpc) is 3.29. The van der Waals surface area contributed by atoms with Gasteiger partial charge in [-0.15, -0.1) is 0 Å². The number of hydrogen-bond donors (Lipinski definition) is 1. The van der Waals surface area contributed by atoms with Gasteiger partial charge in [0.2, 0.25) is 10.0 Å². The second-order valence-electron chi connectivity index (χ2n) is 7.91. The number of fused-ring (bicyclic) bond motifs is 1. The predicted octanol–water partition coefficient (Wildman–Crippen LogP) is 1.70. The van der Waals surface area contributed by atoms with Gasteiger partial charge in [0.05, 0.1) is 10.9 Å². The first-order valence-electron chi connectivity index (χ1n) is 10.5. The molecule has 0 bridgehead atoms. The van der Waals surface area contributed by atoms with E-state index >= 15 is 0 Å². The summed E-state index contributed by atoms with van der Waals surface area (Å²) in [5.41, 5.74) is 0.280. The SMILES string of the molecule is N=c1c[n+](N2CCN(S(=O)(=O)c3ccc(Cl)cc3)CC2C(=O)c2ccc3ccccc3c2)[n-]o1. The standard InChI is InChI=1S/C23H20ClN5O4S/c24-19-7-9-20(10-8-19)34(31,32)27-11-12-28(29-15-22(25)33-26-29)21(14-27)23(30)18-6-5-16-3-1-2-4-17(16)13-18/h1-10,13,15,21,25H,11-12,14H2. The summed E-state index contributed by atoms with van der Waals surface area (Å²) < 4.78 is 32.8. The number of benzene rings is 3. The summed E-state index contributed by atoms with van der Waals surface area (Å²) in [4.78, 5) is 15.1. The number of carbonyl (C=O) groups is 1. The molecule has 5 rings (SSSR count). The van der Waals surface area contributed by atoms with Crippen LogP contribution in [-0.2, 0) is 10.0 Å². The Morgan fingerprint density at radius 1 is 1.06 bits per heavy atom. The Hall–Kier alpha value is -3.47. The molecule has 4 aromatic rings. The monoisotopic (exact) mass is 497 g/mol. The van der Waals surface area contributed by atoms with Crippen molar-refractivity contribution in [1.82, 2.24) is 9.58 Å². The number of carbonyl (C=O) groups excluding carboxylic acids is 1. The van der Waals surface area contributed by atoms with Crippen molar-refractivity contribution < 1.29 is 22.5 Å². The number of aromatic nitrogens is 2. The Bertz CT molecular complexity index is 1530. The number of Topliss-reactive ketones (excluding diaryl/α,β-unsaturated/α-hetero) is 1. The van der Waals surface area contributed by atoms with Crippen LogP contribution in [0.2, 0.25) is 5.02 Å². The number of piperazine rings is 1. The van der Waals surface area contributed by atoms with E-state index < -0.39 is 16.1 Å². The normalized spacial score (nSPS) is 17.2. The lowest BCUT2D eigenvalue weighted by molar-refractivity contribution is -0.766. The fourth-order valence-corrected chi connectivity index (χ4v) is 5.64. The lowest BCUT2D eigenvalue weighted by Crippen LogP contribution is -2.73. The Morgan fingerprint density at radius 2 is 1.79 bits per heavy atom. The van der Waals surface area contributed by atoms with Crippen LogP contribution < -0.4 is 20.6 Å². The fourth-order valence-electron chi connectivity index (χ4n) is 4.08. The molecule has 1 unspecified atom stereocenters. The van der Waals surface area contributed by atoms with Crippen LogP contribution in [0.3, 0.4) is 0 Å². The van der Waals surface area contributed by atoms with Crippen LogP contribution in [0.5, 0.6) is 0 Å². The first-order chi connectivity index (χ1) is 16.3. The Morgan fingerprint density at radius 3 is 2.50 bits per heavy atom. The number of halogens is 1. The summed E-state index contributed by atoms with van der Waals surface area (Å²) in [5.74, 6) is -0.260. The highest BCUT2D eigenvalue weighted by atomic mass is 35.5. The lowest BCUT2D eigenvalue weighted by Gasteiger charge is -2.40. The van der Waals surface area contributed by atoms with Gasteiger partial charge in [-0.2, -0.15) is 4.31 Å². The van der Waals surface area contributed by atoms with E-state index in [1.807, 2.05) is 30.3 Å². The van der Waals surface area contributed by atoms with Crippen LogP contribution in [-0.4, -0.2) is 44.2 Å². The van der Waals surface area contributed by atoms with Crippen molar-refractivity contribution in [3.05, 3.63) is 89.1 Å². The fraction of sp³-hybridized carbons (Fsp3) is 0.174. The molecule has 0 amide bonds. The van der Waals surface area contributed by atoms with Crippen LogP contribution in [0.1, 0.15) is 10.4 Å². The van der Waals surface area contributed by atoms with Crippen LogP contribution in [0.4, 0.5) is 0 Å². The van der Waals surface area contributed by atoms with E-state index in [0.29, 0.717) is 10.6 Å². The molecule has 2 heterocycles. The van der Waals surface area contributed by atoms with E-state index in [2.05, 4.69) is 5.27 Å². The van der Waals surface area contributed by atoms with Crippen molar-refractivity contribution in [1.29, 1.82) is 5.41 Å². The van der Waals surface area contributed by atoms with E-state index in [1.54, 1.807) is 17.1 Å². The molecule has 0 saturated carbocycles. The zero-order valence-corrected chi connectivity index (χ0v) is 19.4. The predicted molar refractivity (Wildman–Crippen MR) is 123 cm³/mol. The molecule has 1 aliphatic heterocycles. The number of nitrogens with one attached hydrogen (secondary N) is 1. The maximum Gasteiger partial charge on any atom is 0.286 e. The van der Waals surface area contributed by atoms with Gasteiger partial charge >= 0.3 is 0 Å². The van der Waals surface area contributed by atoms with Crippen molar-refractivity contribution in [3.8, 4) is 0 Å². The number of rotatable bonds is 5. The van der Waals surface area contributed by atoms with Crippen LogP contribution in [0.15, 0.2) is 82.3 Å². The van der Waals surface area contributed by atoms with Crippen LogP contribution in [0.25, 0.3) is 10.8 Å². The lowest BCUT2D eigenvalue weighted by atomic mass is 9.99. The Labute approximate surface area is 200 Å². The number of sulfonamides is 1. The molecular weight excluding hydrogens is 478 g/mol. The summed E-state index contributed by atoms with van der Waals surface area (Å²) in [5, 5.41) is 15.4. The average molecular weight is 498 g/mol. The van der Waals surface area contributed by atoms with Gasteiger partial charge in [-0.3, -0.25) is 15.2 Å². The maximum absolute atomic E-state index is 13.7. The minimum atomic E-state index is -3.86. The summed E-state index contributed by atoms with van der Waals surface area (Å²) >= 11 is 5.92. The second kappa shape index (κ2) is 8.71. The van der Waals surface area contributed by atoms with Gasteiger partial charge in [0.15, 0.2) is 5.78 Å². The zero-order chi connectivity index (χ0) is 23.9. The highest BCUT2D eigenvalue weighted by molar-refractivity contribution is 7.89. The molecule has 34 heavy (non-hydrogen) atoms. The molecule has 1 saturated heterocycles. The molecule has 1 atom stereocenters. The minimum Gasteiger partial charge on any atom is -0.380 e. The van der Waals surface area contributed by atoms with E-state index in [1.165, 1.54) is 39.6 Å². The summed E-state index contributed by atoms with van der Waals surface area (Å²) in [7, 11) is -3.86. The molecule has 0 spiro atoms. The van der Waals surface area contributed by atoms with Gasteiger partial charge < -0.3 is 4.52 Å². The third-order valence-electron chi connectivity index (χ3n) is 5.82. The van der Waals surface area contributed by atoms with Gasteiger partial charge in [-0.25, -0.2) is 8.42 Å². The van der Waals surface area contributed by atoms with E-state index in [-0.39, 0.29) is 35.9 Å². The van der Waals surface area contributed by atoms with Crippen molar-refractivity contribution in [2.75, 3.05) is 24.6 Å². The van der Waals surface area contributed by atoms with Gasteiger partial charge in [0, 0.05) is 30.2 Å². The van der Waals surface area contributed by atoms with Gasteiger partial charge in [0.25, 0.3) is 11.8 Å². The molecule has 1 aliphatic rings. The molecule has 9 nitrogen and oxygen atoms in total. The van der Waals surface area contributed by atoms with E-state index in [9.17, 15) is 13.2 Å². The molecule has 1 N–H and O–H groups in total. The molecule has 1 fully saturated rings. The molecule has 0 aliphatic carbocycles. The Balaban J connectivity index is 1.52. The molecule has 0 radical (unpaired) electrons. The van der Waals surface area contributed by atoms with Gasteiger partial charge in [0.1, 0.15) is 0 Å². The first-order valence-corrected chi connectivity index (χ1v) is 12.3. The minimum absolute atomic E-state index is 0.0934. The topological polar surface area (TPSA) is 113 Å². The smallest absolute Gasteiger partial charge is 0.286 e. The highest BCUT2D eigenvalue weighted by Crippen LogP contribution is 2.23. The zero-order valence-electron chi connectivity index (χ0n) is 17.8. The van der Waals surface area contributed by atoms with E-state index in [4.69, 9.17) is 21.5 Å². The van der Waals surface area contributed by atoms with Crippen LogP contribution in [0, 0.1) is 5.41 Å². The highest BCUT2D eigenvalue weighted by Gasteiger charge is 2.38. The van der Waals surface area contributed by atoms with E-state index in [0.717, 1.165) is 10.8 Å². The number of nitrogens with zero attached hydrogens (tertiary/aromatic N) is 4. The van der Waals surface area contributed by atoms with Gasteiger partial charge in [-0.05, 0) is 46.4 Å².